The Balaban J connectivity index is 2.08. The molecule has 0 saturated heterocycles. The van der Waals surface area contributed by atoms with E-state index in [-0.39, 0.29) is 5.75 Å². The van der Waals surface area contributed by atoms with Crippen LogP contribution in [0.2, 0.25) is 0 Å². The SMILES string of the molecule is Nc1ncc(-c2cccc(O)c2)nc1-c1ccc(C=O)cc1. The van der Waals surface area contributed by atoms with E-state index in [9.17, 15) is 9.90 Å². The minimum atomic E-state index is 0.160. The summed E-state index contributed by atoms with van der Waals surface area (Å²) in [6, 6.07) is 13.7. The lowest BCUT2D eigenvalue weighted by atomic mass is 10.1. The van der Waals surface area contributed by atoms with Crippen molar-refractivity contribution in [3.05, 3.63) is 60.3 Å². The summed E-state index contributed by atoms with van der Waals surface area (Å²) in [4.78, 5) is 19.4. The monoisotopic (exact) mass is 291 g/mol. The Kier molecular flexibility index (Phi) is 3.53. The summed E-state index contributed by atoms with van der Waals surface area (Å²) in [5, 5.41) is 9.57. The molecule has 3 rings (SSSR count). The van der Waals surface area contributed by atoms with Gasteiger partial charge in [0.25, 0.3) is 0 Å². The maximum Gasteiger partial charge on any atom is 0.150 e. The first-order valence-corrected chi connectivity index (χ1v) is 6.65. The smallest absolute Gasteiger partial charge is 0.150 e. The van der Waals surface area contributed by atoms with Crippen molar-refractivity contribution in [2.75, 3.05) is 5.73 Å². The van der Waals surface area contributed by atoms with Crippen molar-refractivity contribution in [1.82, 2.24) is 9.97 Å². The first-order chi connectivity index (χ1) is 10.7. The number of nitrogens with zero attached hydrogens (tertiary/aromatic N) is 2. The van der Waals surface area contributed by atoms with Crippen molar-refractivity contribution < 1.29 is 9.90 Å². The fraction of sp³-hybridized carbons (Fsp3) is 0. The van der Waals surface area contributed by atoms with Gasteiger partial charge >= 0.3 is 0 Å². The average Bonchev–Trinajstić information content (AvgIpc) is 2.55. The predicted octanol–water partition coefficient (Wildman–Crippen LogP) is 2.91. The number of aromatic hydroxyl groups is 1. The number of nitrogens with two attached hydrogens (primary N) is 1. The van der Waals surface area contributed by atoms with E-state index in [1.165, 1.54) is 0 Å². The van der Waals surface area contributed by atoms with Gasteiger partial charge in [-0.25, -0.2) is 9.97 Å². The topological polar surface area (TPSA) is 89.1 Å². The zero-order valence-corrected chi connectivity index (χ0v) is 11.6. The van der Waals surface area contributed by atoms with Gasteiger partial charge in [0.2, 0.25) is 0 Å². The normalized spacial score (nSPS) is 10.4. The minimum Gasteiger partial charge on any atom is -0.508 e. The molecule has 0 amide bonds. The summed E-state index contributed by atoms with van der Waals surface area (Å²) in [7, 11) is 0. The molecule has 0 radical (unpaired) electrons. The summed E-state index contributed by atoms with van der Waals surface area (Å²) in [5.74, 6) is 0.468. The highest BCUT2D eigenvalue weighted by molar-refractivity contribution is 5.78. The van der Waals surface area contributed by atoms with E-state index in [1.54, 1.807) is 48.7 Å². The number of aldehydes is 1. The van der Waals surface area contributed by atoms with Crippen LogP contribution in [0.5, 0.6) is 5.75 Å². The van der Waals surface area contributed by atoms with Crippen molar-refractivity contribution in [2.45, 2.75) is 0 Å². The quantitative estimate of drug-likeness (QED) is 0.724. The fourth-order valence-electron chi connectivity index (χ4n) is 2.13. The van der Waals surface area contributed by atoms with E-state index in [4.69, 9.17) is 5.73 Å². The summed E-state index contributed by atoms with van der Waals surface area (Å²) < 4.78 is 0. The van der Waals surface area contributed by atoms with Gasteiger partial charge in [0.15, 0.2) is 0 Å². The average molecular weight is 291 g/mol. The Morgan fingerprint density at radius 3 is 2.50 bits per heavy atom. The minimum absolute atomic E-state index is 0.160. The van der Waals surface area contributed by atoms with Crippen molar-refractivity contribution in [3.63, 3.8) is 0 Å². The number of carbonyl (C=O) groups excluding carboxylic acids is 1. The van der Waals surface area contributed by atoms with Gasteiger partial charge in [-0.05, 0) is 12.1 Å². The molecule has 0 bridgehead atoms. The number of hydrogen-bond donors (Lipinski definition) is 2. The van der Waals surface area contributed by atoms with E-state index < -0.39 is 0 Å². The molecule has 22 heavy (non-hydrogen) atoms. The molecule has 0 aliphatic heterocycles. The number of phenolic OH excluding ortho intramolecular Hbond substituents is 1. The highest BCUT2D eigenvalue weighted by atomic mass is 16.3. The van der Waals surface area contributed by atoms with E-state index in [2.05, 4.69) is 9.97 Å². The van der Waals surface area contributed by atoms with Gasteiger partial charge in [-0.2, -0.15) is 0 Å². The van der Waals surface area contributed by atoms with E-state index in [0.29, 0.717) is 22.8 Å². The largest absolute Gasteiger partial charge is 0.508 e. The molecule has 5 heteroatoms. The number of rotatable bonds is 3. The van der Waals surface area contributed by atoms with Crippen molar-refractivity contribution in [2.24, 2.45) is 0 Å². The Morgan fingerprint density at radius 1 is 1.05 bits per heavy atom. The summed E-state index contributed by atoms with van der Waals surface area (Å²) >= 11 is 0. The van der Waals surface area contributed by atoms with Crippen molar-refractivity contribution in [3.8, 4) is 28.3 Å². The van der Waals surface area contributed by atoms with Gasteiger partial charge < -0.3 is 10.8 Å². The van der Waals surface area contributed by atoms with Crippen molar-refractivity contribution >= 4 is 12.1 Å². The van der Waals surface area contributed by atoms with Gasteiger partial charge in [-0.3, -0.25) is 4.79 Å². The molecule has 0 saturated carbocycles. The summed E-state index contributed by atoms with van der Waals surface area (Å²) in [5.41, 5.74) is 9.17. The van der Waals surface area contributed by atoms with Crippen LogP contribution in [0.3, 0.4) is 0 Å². The van der Waals surface area contributed by atoms with Gasteiger partial charge in [-0.15, -0.1) is 0 Å². The molecule has 3 aromatic rings. The Labute approximate surface area is 127 Å². The number of aromatic nitrogens is 2. The lowest BCUT2D eigenvalue weighted by Crippen LogP contribution is -1.99. The van der Waals surface area contributed by atoms with Crippen LogP contribution in [0.15, 0.2) is 54.7 Å². The number of carbonyl (C=O) groups is 1. The molecule has 108 valence electrons. The molecule has 0 aliphatic rings. The van der Waals surface area contributed by atoms with E-state index in [1.807, 2.05) is 6.07 Å². The molecular formula is C17H13N3O2. The molecule has 5 nitrogen and oxygen atoms in total. The van der Waals surface area contributed by atoms with Crippen LogP contribution in [-0.4, -0.2) is 21.4 Å². The highest BCUT2D eigenvalue weighted by Crippen LogP contribution is 2.27. The molecule has 0 unspecified atom stereocenters. The number of benzene rings is 2. The van der Waals surface area contributed by atoms with Crippen molar-refractivity contribution in [1.29, 1.82) is 0 Å². The maximum absolute atomic E-state index is 10.7. The fourth-order valence-corrected chi connectivity index (χ4v) is 2.13. The lowest BCUT2D eigenvalue weighted by molar-refractivity contribution is 0.112. The number of nitrogen functional groups attached to an aromatic ring is 1. The van der Waals surface area contributed by atoms with Crippen LogP contribution in [0.25, 0.3) is 22.5 Å². The number of phenols is 1. The number of hydrogen-bond acceptors (Lipinski definition) is 5. The van der Waals surface area contributed by atoms with Gasteiger partial charge in [0, 0.05) is 16.7 Å². The second kappa shape index (κ2) is 5.65. The molecule has 1 aromatic heterocycles. The van der Waals surface area contributed by atoms with Crippen LogP contribution in [0.1, 0.15) is 10.4 Å². The van der Waals surface area contributed by atoms with E-state index in [0.717, 1.165) is 17.4 Å². The summed E-state index contributed by atoms with van der Waals surface area (Å²) in [6.45, 7) is 0. The van der Waals surface area contributed by atoms with Crippen LogP contribution < -0.4 is 5.73 Å². The highest BCUT2D eigenvalue weighted by Gasteiger charge is 2.09. The first-order valence-electron chi connectivity index (χ1n) is 6.65. The van der Waals surface area contributed by atoms with Crippen LogP contribution in [0, 0.1) is 0 Å². The van der Waals surface area contributed by atoms with Gasteiger partial charge in [0.05, 0.1) is 11.9 Å². The first kappa shape index (κ1) is 13.8. The predicted molar refractivity (Wildman–Crippen MR) is 84.4 cm³/mol. The molecule has 0 atom stereocenters. The Hall–Kier alpha value is -3.21. The molecule has 3 N–H and O–H groups in total. The molecule has 2 aromatic carbocycles. The zero-order valence-electron chi connectivity index (χ0n) is 11.6. The second-order valence-corrected chi connectivity index (χ2v) is 4.78. The third-order valence-corrected chi connectivity index (χ3v) is 3.26. The molecule has 0 aliphatic carbocycles. The van der Waals surface area contributed by atoms with E-state index >= 15 is 0 Å². The number of anilines is 1. The zero-order chi connectivity index (χ0) is 15.5. The van der Waals surface area contributed by atoms with Gasteiger partial charge in [-0.1, -0.05) is 36.4 Å². The Bertz CT molecular complexity index is 830. The summed E-state index contributed by atoms with van der Waals surface area (Å²) in [6.07, 6.45) is 2.34. The van der Waals surface area contributed by atoms with Crippen LogP contribution in [-0.2, 0) is 0 Å². The lowest BCUT2D eigenvalue weighted by Gasteiger charge is -2.08. The van der Waals surface area contributed by atoms with Crippen LogP contribution >= 0.6 is 0 Å². The third-order valence-electron chi connectivity index (χ3n) is 3.26. The molecule has 0 fully saturated rings. The standard InChI is InChI=1S/C17H13N3O2/c18-17-16(12-6-4-11(10-21)5-7-12)20-15(9-19-17)13-2-1-3-14(22)8-13/h1-10,22H,(H2,18,19). The van der Waals surface area contributed by atoms with Gasteiger partial charge in [0.1, 0.15) is 23.5 Å². The third kappa shape index (κ3) is 2.64. The second-order valence-electron chi connectivity index (χ2n) is 4.78. The molecular weight excluding hydrogens is 278 g/mol. The van der Waals surface area contributed by atoms with Crippen LogP contribution in [0.4, 0.5) is 5.82 Å². The molecule has 1 heterocycles. The molecule has 0 spiro atoms. The maximum atomic E-state index is 10.7. The Morgan fingerprint density at radius 2 is 1.82 bits per heavy atom.